The van der Waals surface area contributed by atoms with Gasteiger partial charge in [-0.05, 0) is 31.1 Å². The first-order valence-corrected chi connectivity index (χ1v) is 5.28. The Kier molecular flexibility index (Phi) is 4.70. The highest BCUT2D eigenvalue weighted by molar-refractivity contribution is 4.77. The van der Waals surface area contributed by atoms with Gasteiger partial charge in [-0.15, -0.1) is 0 Å². The average molecular weight is 186 g/mol. The van der Waals surface area contributed by atoms with E-state index in [1.165, 1.54) is 6.42 Å². The number of ether oxygens (including phenoxy) is 1. The number of rotatable bonds is 4. The van der Waals surface area contributed by atoms with Crippen molar-refractivity contribution in [2.75, 3.05) is 13.2 Å². The van der Waals surface area contributed by atoms with Crippen LogP contribution in [0.5, 0.6) is 0 Å². The molecular weight excluding hydrogens is 164 g/mol. The lowest BCUT2D eigenvalue weighted by Gasteiger charge is -2.30. The summed E-state index contributed by atoms with van der Waals surface area (Å²) in [5.41, 5.74) is 2.95. The summed E-state index contributed by atoms with van der Waals surface area (Å²) in [5.74, 6) is 6.98. The van der Waals surface area contributed by atoms with E-state index in [9.17, 15) is 0 Å². The highest BCUT2D eigenvalue weighted by atomic mass is 16.5. The lowest BCUT2D eigenvalue weighted by Crippen LogP contribution is -2.43. The van der Waals surface area contributed by atoms with E-state index in [4.69, 9.17) is 10.6 Å². The Labute approximate surface area is 81.0 Å². The molecule has 1 unspecified atom stereocenters. The Morgan fingerprint density at radius 2 is 2.00 bits per heavy atom. The minimum atomic E-state index is 0.476. The lowest BCUT2D eigenvalue weighted by molar-refractivity contribution is 0.0508. The SMILES string of the molecule is CC(C)CC(NN)C1CCOCC1. The van der Waals surface area contributed by atoms with Gasteiger partial charge in [-0.2, -0.15) is 0 Å². The van der Waals surface area contributed by atoms with Crippen LogP contribution >= 0.6 is 0 Å². The Morgan fingerprint density at radius 1 is 1.38 bits per heavy atom. The molecule has 3 nitrogen and oxygen atoms in total. The molecule has 0 aromatic rings. The molecule has 3 heteroatoms. The molecule has 13 heavy (non-hydrogen) atoms. The monoisotopic (exact) mass is 186 g/mol. The first kappa shape index (κ1) is 11.0. The van der Waals surface area contributed by atoms with Crippen molar-refractivity contribution in [2.24, 2.45) is 17.7 Å². The van der Waals surface area contributed by atoms with E-state index in [1.807, 2.05) is 0 Å². The van der Waals surface area contributed by atoms with Gasteiger partial charge in [-0.1, -0.05) is 13.8 Å². The van der Waals surface area contributed by atoms with Crippen molar-refractivity contribution in [2.45, 2.75) is 39.2 Å². The van der Waals surface area contributed by atoms with E-state index in [1.54, 1.807) is 0 Å². The lowest BCUT2D eigenvalue weighted by atomic mass is 9.87. The molecule has 1 saturated heterocycles. The van der Waals surface area contributed by atoms with Crippen LogP contribution in [-0.2, 0) is 4.74 Å². The van der Waals surface area contributed by atoms with Crippen LogP contribution in [0, 0.1) is 11.8 Å². The normalized spacial score (nSPS) is 22.2. The van der Waals surface area contributed by atoms with Gasteiger partial charge in [-0.25, -0.2) is 0 Å². The maximum absolute atomic E-state index is 5.56. The second-order valence-corrected chi connectivity index (χ2v) is 4.35. The fourth-order valence-corrected chi connectivity index (χ4v) is 2.02. The van der Waals surface area contributed by atoms with Gasteiger partial charge in [0.2, 0.25) is 0 Å². The topological polar surface area (TPSA) is 47.3 Å². The fraction of sp³-hybridized carbons (Fsp3) is 1.00. The van der Waals surface area contributed by atoms with Crippen LogP contribution in [0.3, 0.4) is 0 Å². The highest BCUT2D eigenvalue weighted by Gasteiger charge is 2.23. The number of hydrogen-bond acceptors (Lipinski definition) is 3. The number of nitrogens with one attached hydrogen (secondary N) is 1. The summed E-state index contributed by atoms with van der Waals surface area (Å²) in [6.45, 7) is 6.29. The van der Waals surface area contributed by atoms with Gasteiger partial charge in [0.15, 0.2) is 0 Å². The number of nitrogens with two attached hydrogens (primary N) is 1. The summed E-state index contributed by atoms with van der Waals surface area (Å²) < 4.78 is 5.33. The summed E-state index contributed by atoms with van der Waals surface area (Å²) in [4.78, 5) is 0. The Hall–Kier alpha value is -0.120. The first-order chi connectivity index (χ1) is 6.24. The summed E-state index contributed by atoms with van der Waals surface area (Å²) in [7, 11) is 0. The van der Waals surface area contributed by atoms with Crippen molar-refractivity contribution >= 4 is 0 Å². The predicted octanol–water partition coefficient (Wildman–Crippen LogP) is 1.29. The molecule has 78 valence electrons. The van der Waals surface area contributed by atoms with E-state index >= 15 is 0 Å². The van der Waals surface area contributed by atoms with Gasteiger partial charge in [0.25, 0.3) is 0 Å². The second-order valence-electron chi connectivity index (χ2n) is 4.35. The molecular formula is C10H22N2O. The summed E-state index contributed by atoms with van der Waals surface area (Å²) in [6.07, 6.45) is 3.48. The largest absolute Gasteiger partial charge is 0.381 e. The molecule has 1 aliphatic heterocycles. The Balaban J connectivity index is 2.34. The summed E-state index contributed by atoms with van der Waals surface area (Å²) in [6, 6.07) is 0.476. The predicted molar refractivity (Wildman–Crippen MR) is 54.1 cm³/mol. The van der Waals surface area contributed by atoms with Crippen LogP contribution in [0.25, 0.3) is 0 Å². The zero-order chi connectivity index (χ0) is 9.68. The van der Waals surface area contributed by atoms with Gasteiger partial charge < -0.3 is 4.74 Å². The van der Waals surface area contributed by atoms with E-state index in [-0.39, 0.29) is 0 Å². The molecule has 1 aliphatic rings. The Morgan fingerprint density at radius 3 is 2.46 bits per heavy atom. The highest BCUT2D eigenvalue weighted by Crippen LogP contribution is 2.22. The molecule has 0 aromatic carbocycles. The first-order valence-electron chi connectivity index (χ1n) is 5.28. The van der Waals surface area contributed by atoms with Gasteiger partial charge >= 0.3 is 0 Å². The standard InChI is InChI=1S/C10H22N2O/c1-8(2)7-10(12-11)9-3-5-13-6-4-9/h8-10,12H,3-7,11H2,1-2H3. The van der Waals surface area contributed by atoms with Crippen molar-refractivity contribution in [3.63, 3.8) is 0 Å². The molecule has 1 heterocycles. The molecule has 3 N–H and O–H groups in total. The zero-order valence-electron chi connectivity index (χ0n) is 8.75. The van der Waals surface area contributed by atoms with Crippen LogP contribution in [0.4, 0.5) is 0 Å². The molecule has 0 radical (unpaired) electrons. The van der Waals surface area contributed by atoms with E-state index in [0.29, 0.717) is 17.9 Å². The number of hydrogen-bond donors (Lipinski definition) is 2. The summed E-state index contributed by atoms with van der Waals surface area (Å²) >= 11 is 0. The molecule has 0 spiro atoms. The Bertz CT molecular complexity index is 133. The molecule has 1 atom stereocenters. The molecule has 1 fully saturated rings. The fourth-order valence-electron chi connectivity index (χ4n) is 2.02. The van der Waals surface area contributed by atoms with Crippen LogP contribution < -0.4 is 11.3 Å². The van der Waals surface area contributed by atoms with Gasteiger partial charge in [-0.3, -0.25) is 11.3 Å². The molecule has 0 aromatic heterocycles. The average Bonchev–Trinajstić information content (AvgIpc) is 2.15. The molecule has 0 amide bonds. The second kappa shape index (κ2) is 5.58. The maximum Gasteiger partial charge on any atom is 0.0469 e. The van der Waals surface area contributed by atoms with Crippen LogP contribution in [-0.4, -0.2) is 19.3 Å². The molecule has 0 saturated carbocycles. The van der Waals surface area contributed by atoms with E-state index in [0.717, 1.165) is 26.1 Å². The number of hydrazine groups is 1. The van der Waals surface area contributed by atoms with Crippen molar-refractivity contribution < 1.29 is 4.74 Å². The van der Waals surface area contributed by atoms with Crippen molar-refractivity contribution in [1.82, 2.24) is 5.43 Å². The van der Waals surface area contributed by atoms with E-state index in [2.05, 4.69) is 19.3 Å². The summed E-state index contributed by atoms with van der Waals surface area (Å²) in [5, 5.41) is 0. The zero-order valence-corrected chi connectivity index (χ0v) is 8.75. The molecule has 1 rings (SSSR count). The van der Waals surface area contributed by atoms with Crippen molar-refractivity contribution in [1.29, 1.82) is 0 Å². The minimum absolute atomic E-state index is 0.476. The van der Waals surface area contributed by atoms with Crippen molar-refractivity contribution in [3.8, 4) is 0 Å². The van der Waals surface area contributed by atoms with Crippen LogP contribution in [0.2, 0.25) is 0 Å². The van der Waals surface area contributed by atoms with Crippen LogP contribution in [0.1, 0.15) is 33.1 Å². The molecule has 0 aliphatic carbocycles. The van der Waals surface area contributed by atoms with Gasteiger partial charge in [0, 0.05) is 19.3 Å². The van der Waals surface area contributed by atoms with Crippen LogP contribution in [0.15, 0.2) is 0 Å². The third-order valence-electron chi connectivity index (χ3n) is 2.77. The quantitative estimate of drug-likeness (QED) is 0.514. The van der Waals surface area contributed by atoms with Gasteiger partial charge in [0.1, 0.15) is 0 Å². The van der Waals surface area contributed by atoms with Crippen molar-refractivity contribution in [3.05, 3.63) is 0 Å². The maximum atomic E-state index is 5.56. The third kappa shape index (κ3) is 3.63. The molecule has 0 bridgehead atoms. The smallest absolute Gasteiger partial charge is 0.0469 e. The van der Waals surface area contributed by atoms with E-state index < -0.39 is 0 Å². The third-order valence-corrected chi connectivity index (χ3v) is 2.77. The van der Waals surface area contributed by atoms with Gasteiger partial charge in [0.05, 0.1) is 0 Å². The minimum Gasteiger partial charge on any atom is -0.381 e.